The third-order valence-corrected chi connectivity index (χ3v) is 3.66. The molecule has 0 atom stereocenters. The van der Waals surface area contributed by atoms with Crippen LogP contribution < -0.4 is 0 Å². The molecule has 106 valence electrons. The number of nitrogens with zero attached hydrogens (tertiary/aromatic N) is 2. The van der Waals surface area contributed by atoms with Gasteiger partial charge in [-0.25, -0.2) is 4.39 Å². The third kappa shape index (κ3) is 3.13. The topological polar surface area (TPSA) is 34.9 Å². The van der Waals surface area contributed by atoms with Crippen molar-refractivity contribution in [3.05, 3.63) is 53.6 Å². The van der Waals surface area contributed by atoms with Crippen molar-refractivity contribution >= 4 is 5.78 Å². The standard InChI is InChI=1S/C16H19FN2O/c1-16(2,13-5-7-14(17)8-6-13)15(20)9-4-12-10-18-19(3)11-12/h5-8,10-11H,4,9H2,1-3H3. The zero-order chi connectivity index (χ0) is 14.8. The van der Waals surface area contributed by atoms with E-state index in [2.05, 4.69) is 5.10 Å². The number of carbonyl (C=O) groups excluding carboxylic acids is 1. The van der Waals surface area contributed by atoms with E-state index in [4.69, 9.17) is 0 Å². The van der Waals surface area contributed by atoms with Crippen LogP contribution in [0.1, 0.15) is 31.4 Å². The summed E-state index contributed by atoms with van der Waals surface area (Å²) in [5, 5.41) is 4.09. The highest BCUT2D eigenvalue weighted by molar-refractivity contribution is 5.89. The number of hydrogen-bond donors (Lipinski definition) is 0. The van der Waals surface area contributed by atoms with Crippen molar-refractivity contribution in [2.75, 3.05) is 0 Å². The van der Waals surface area contributed by atoms with E-state index in [1.54, 1.807) is 23.0 Å². The van der Waals surface area contributed by atoms with Gasteiger partial charge in [-0.15, -0.1) is 0 Å². The molecule has 0 spiro atoms. The Morgan fingerprint density at radius 1 is 1.30 bits per heavy atom. The number of carbonyl (C=O) groups is 1. The van der Waals surface area contributed by atoms with E-state index in [1.807, 2.05) is 27.1 Å². The van der Waals surface area contributed by atoms with Crippen molar-refractivity contribution in [2.45, 2.75) is 32.1 Å². The molecule has 3 nitrogen and oxygen atoms in total. The number of aryl methyl sites for hydroxylation is 2. The van der Waals surface area contributed by atoms with Crippen LogP contribution in [0.25, 0.3) is 0 Å². The predicted molar refractivity (Wildman–Crippen MR) is 76.0 cm³/mol. The zero-order valence-corrected chi connectivity index (χ0v) is 12.1. The maximum Gasteiger partial charge on any atom is 0.143 e. The molecule has 0 amide bonds. The third-order valence-electron chi connectivity index (χ3n) is 3.66. The lowest BCUT2D eigenvalue weighted by atomic mass is 9.79. The highest BCUT2D eigenvalue weighted by Gasteiger charge is 2.28. The summed E-state index contributed by atoms with van der Waals surface area (Å²) in [6.45, 7) is 3.76. The van der Waals surface area contributed by atoms with E-state index in [0.717, 1.165) is 11.1 Å². The average Bonchev–Trinajstić information content (AvgIpc) is 2.82. The highest BCUT2D eigenvalue weighted by atomic mass is 19.1. The minimum Gasteiger partial charge on any atom is -0.299 e. The number of benzene rings is 1. The molecule has 0 saturated carbocycles. The molecule has 0 aliphatic carbocycles. The van der Waals surface area contributed by atoms with Crippen LogP contribution in [0.2, 0.25) is 0 Å². The van der Waals surface area contributed by atoms with Crippen LogP contribution in [-0.2, 0) is 23.7 Å². The molecule has 1 aromatic carbocycles. The monoisotopic (exact) mass is 274 g/mol. The second-order valence-electron chi connectivity index (χ2n) is 5.58. The van der Waals surface area contributed by atoms with Crippen molar-refractivity contribution in [1.82, 2.24) is 9.78 Å². The van der Waals surface area contributed by atoms with Crippen molar-refractivity contribution in [2.24, 2.45) is 7.05 Å². The number of Topliss-reactive ketones (excluding diaryl/α,β-unsaturated/α-hetero) is 1. The second-order valence-corrected chi connectivity index (χ2v) is 5.58. The summed E-state index contributed by atoms with van der Waals surface area (Å²) in [5.41, 5.74) is 1.29. The molecule has 1 heterocycles. The molecule has 0 saturated heterocycles. The van der Waals surface area contributed by atoms with Gasteiger partial charge in [0, 0.05) is 25.1 Å². The van der Waals surface area contributed by atoms with Gasteiger partial charge in [0.1, 0.15) is 11.6 Å². The van der Waals surface area contributed by atoms with Crippen LogP contribution in [0.15, 0.2) is 36.7 Å². The van der Waals surface area contributed by atoms with Crippen LogP contribution in [0, 0.1) is 5.82 Å². The molecule has 0 fully saturated rings. The van der Waals surface area contributed by atoms with Gasteiger partial charge in [-0.2, -0.15) is 5.10 Å². The van der Waals surface area contributed by atoms with Gasteiger partial charge >= 0.3 is 0 Å². The summed E-state index contributed by atoms with van der Waals surface area (Å²) in [4.78, 5) is 12.4. The molecule has 0 bridgehead atoms. The molecule has 0 unspecified atom stereocenters. The Morgan fingerprint density at radius 2 is 1.95 bits per heavy atom. The quantitative estimate of drug-likeness (QED) is 0.840. The fraction of sp³-hybridized carbons (Fsp3) is 0.375. The van der Waals surface area contributed by atoms with Gasteiger partial charge in [0.15, 0.2) is 0 Å². The number of hydrogen-bond acceptors (Lipinski definition) is 2. The Labute approximate surface area is 118 Å². The molecule has 0 radical (unpaired) electrons. The zero-order valence-electron chi connectivity index (χ0n) is 12.1. The number of rotatable bonds is 5. The van der Waals surface area contributed by atoms with Crippen LogP contribution in [-0.4, -0.2) is 15.6 Å². The van der Waals surface area contributed by atoms with Crippen molar-refractivity contribution < 1.29 is 9.18 Å². The van der Waals surface area contributed by atoms with Crippen LogP contribution in [0.4, 0.5) is 4.39 Å². The number of halogens is 1. The first-order valence-electron chi connectivity index (χ1n) is 6.66. The lowest BCUT2D eigenvalue weighted by Crippen LogP contribution is -2.29. The van der Waals surface area contributed by atoms with E-state index in [-0.39, 0.29) is 11.6 Å². The molecule has 0 aliphatic heterocycles. The molecular weight excluding hydrogens is 255 g/mol. The number of aromatic nitrogens is 2. The molecule has 4 heteroatoms. The summed E-state index contributed by atoms with van der Waals surface area (Å²) in [6.07, 6.45) is 4.82. The fourth-order valence-electron chi connectivity index (χ4n) is 2.20. The van der Waals surface area contributed by atoms with E-state index < -0.39 is 5.41 Å². The smallest absolute Gasteiger partial charge is 0.143 e. The second kappa shape index (κ2) is 5.57. The van der Waals surface area contributed by atoms with Gasteiger partial charge in [0.05, 0.1) is 6.20 Å². The fourth-order valence-corrected chi connectivity index (χ4v) is 2.20. The molecule has 2 aromatic rings. The first-order chi connectivity index (χ1) is 9.39. The lowest BCUT2D eigenvalue weighted by molar-refractivity contribution is -0.123. The Balaban J connectivity index is 2.05. The number of ketones is 1. The summed E-state index contributed by atoms with van der Waals surface area (Å²) in [6, 6.07) is 6.14. The van der Waals surface area contributed by atoms with Crippen molar-refractivity contribution in [3.8, 4) is 0 Å². The summed E-state index contributed by atoms with van der Waals surface area (Å²) in [5.74, 6) is -0.139. The average molecular weight is 274 g/mol. The van der Waals surface area contributed by atoms with Crippen molar-refractivity contribution in [3.63, 3.8) is 0 Å². The van der Waals surface area contributed by atoms with E-state index in [0.29, 0.717) is 12.8 Å². The molecule has 0 N–H and O–H groups in total. The Bertz CT molecular complexity index is 599. The molecular formula is C16H19FN2O. The van der Waals surface area contributed by atoms with Gasteiger partial charge in [-0.05, 0) is 43.5 Å². The SMILES string of the molecule is Cn1cc(CCC(=O)C(C)(C)c2ccc(F)cc2)cn1. The summed E-state index contributed by atoms with van der Waals surface area (Å²) >= 11 is 0. The van der Waals surface area contributed by atoms with Crippen LogP contribution >= 0.6 is 0 Å². The summed E-state index contributed by atoms with van der Waals surface area (Å²) < 4.78 is 14.7. The lowest BCUT2D eigenvalue weighted by Gasteiger charge is -2.23. The minimum absolute atomic E-state index is 0.146. The normalized spacial score (nSPS) is 11.6. The Kier molecular flexibility index (Phi) is 4.02. The van der Waals surface area contributed by atoms with Crippen LogP contribution in [0.5, 0.6) is 0 Å². The molecule has 0 aliphatic rings. The van der Waals surface area contributed by atoms with E-state index in [1.165, 1.54) is 12.1 Å². The van der Waals surface area contributed by atoms with E-state index in [9.17, 15) is 9.18 Å². The van der Waals surface area contributed by atoms with Gasteiger partial charge in [0.2, 0.25) is 0 Å². The minimum atomic E-state index is -0.601. The van der Waals surface area contributed by atoms with Gasteiger partial charge in [-0.1, -0.05) is 12.1 Å². The first-order valence-corrected chi connectivity index (χ1v) is 6.66. The first kappa shape index (κ1) is 14.4. The predicted octanol–water partition coefficient (Wildman–Crippen LogP) is 3.04. The Morgan fingerprint density at radius 3 is 2.50 bits per heavy atom. The maximum atomic E-state index is 13.0. The highest BCUT2D eigenvalue weighted by Crippen LogP contribution is 2.26. The van der Waals surface area contributed by atoms with Gasteiger partial charge in [0.25, 0.3) is 0 Å². The molecule has 2 rings (SSSR count). The Hall–Kier alpha value is -1.97. The largest absolute Gasteiger partial charge is 0.299 e. The molecule has 1 aromatic heterocycles. The van der Waals surface area contributed by atoms with Gasteiger partial charge in [-0.3, -0.25) is 9.48 Å². The van der Waals surface area contributed by atoms with Crippen LogP contribution in [0.3, 0.4) is 0 Å². The summed E-state index contributed by atoms with van der Waals surface area (Å²) in [7, 11) is 1.85. The molecule has 20 heavy (non-hydrogen) atoms. The maximum absolute atomic E-state index is 13.0. The van der Waals surface area contributed by atoms with E-state index >= 15 is 0 Å². The van der Waals surface area contributed by atoms with Gasteiger partial charge < -0.3 is 0 Å². The van der Waals surface area contributed by atoms with Crippen molar-refractivity contribution in [1.29, 1.82) is 0 Å².